The highest BCUT2D eigenvalue weighted by Crippen LogP contribution is 2.34. The predicted octanol–water partition coefficient (Wildman–Crippen LogP) is 2.94. The zero-order valence-electron chi connectivity index (χ0n) is 10.7. The maximum atomic E-state index is 11.7. The van der Waals surface area contributed by atoms with Gasteiger partial charge in [-0.2, -0.15) is 0 Å². The van der Waals surface area contributed by atoms with Crippen LogP contribution in [0.4, 0.5) is 0 Å². The number of halogens is 1. The van der Waals surface area contributed by atoms with E-state index in [0.29, 0.717) is 5.92 Å². The van der Waals surface area contributed by atoms with Crippen LogP contribution in [-0.4, -0.2) is 19.1 Å². The normalized spacial score (nSPS) is 18.2. The Morgan fingerprint density at radius 1 is 1.44 bits per heavy atom. The molecule has 1 aliphatic rings. The molecule has 18 heavy (non-hydrogen) atoms. The van der Waals surface area contributed by atoms with Crippen molar-refractivity contribution in [2.45, 2.75) is 31.8 Å². The van der Waals surface area contributed by atoms with E-state index < -0.39 is 0 Å². The molecule has 0 radical (unpaired) electrons. The van der Waals surface area contributed by atoms with E-state index in [-0.39, 0.29) is 18.1 Å². The van der Waals surface area contributed by atoms with Crippen molar-refractivity contribution >= 4 is 17.6 Å². The third-order valence-electron chi connectivity index (χ3n) is 3.35. The Labute approximate surface area is 112 Å². The Hall–Kier alpha value is -1.06. The first-order chi connectivity index (χ1) is 8.63. The summed E-state index contributed by atoms with van der Waals surface area (Å²) in [4.78, 5) is 11.7. The summed E-state index contributed by atoms with van der Waals surface area (Å²) >= 11 is 6.16. The van der Waals surface area contributed by atoms with Crippen molar-refractivity contribution in [3.05, 3.63) is 34.9 Å². The van der Waals surface area contributed by atoms with Gasteiger partial charge < -0.3 is 4.74 Å². The lowest BCUT2D eigenvalue weighted by Gasteiger charge is -2.22. The molecule has 1 fully saturated rings. The fraction of sp³-hybridized carbons (Fsp3) is 0.500. The number of rotatable bonds is 5. The van der Waals surface area contributed by atoms with E-state index in [2.05, 4.69) is 5.32 Å². The average molecular weight is 268 g/mol. The maximum absolute atomic E-state index is 11.7. The van der Waals surface area contributed by atoms with Crippen molar-refractivity contribution in [2.75, 3.05) is 7.11 Å². The number of esters is 1. The number of ether oxygens (including phenoxy) is 1. The maximum Gasteiger partial charge on any atom is 0.323 e. The smallest absolute Gasteiger partial charge is 0.323 e. The van der Waals surface area contributed by atoms with Gasteiger partial charge in [-0.3, -0.25) is 10.1 Å². The number of carbonyl (C=O) groups excluding carboxylic acids is 1. The van der Waals surface area contributed by atoms with Gasteiger partial charge in [-0.25, -0.2) is 0 Å². The molecular weight excluding hydrogens is 250 g/mol. The van der Waals surface area contributed by atoms with Crippen LogP contribution in [0.5, 0.6) is 0 Å². The van der Waals surface area contributed by atoms with Gasteiger partial charge in [0.05, 0.1) is 7.11 Å². The summed E-state index contributed by atoms with van der Waals surface area (Å²) in [6.07, 6.45) is 2.17. The van der Waals surface area contributed by atoms with Crippen LogP contribution in [0.25, 0.3) is 0 Å². The van der Waals surface area contributed by atoms with Crippen molar-refractivity contribution in [3.63, 3.8) is 0 Å². The third-order valence-corrected chi connectivity index (χ3v) is 3.69. The van der Waals surface area contributed by atoms with Crippen molar-refractivity contribution < 1.29 is 9.53 Å². The lowest BCUT2D eigenvalue weighted by Crippen LogP contribution is -2.40. The molecule has 0 heterocycles. The van der Waals surface area contributed by atoms with Gasteiger partial charge in [0, 0.05) is 11.1 Å². The summed E-state index contributed by atoms with van der Waals surface area (Å²) in [5.74, 6) is 0.221. The molecule has 0 saturated heterocycles. The highest BCUT2D eigenvalue weighted by molar-refractivity contribution is 6.31. The van der Waals surface area contributed by atoms with Crippen LogP contribution in [0.3, 0.4) is 0 Å². The highest BCUT2D eigenvalue weighted by Gasteiger charge is 2.37. The quantitative estimate of drug-likeness (QED) is 0.834. The molecule has 4 heteroatoms. The van der Waals surface area contributed by atoms with Crippen LogP contribution < -0.4 is 5.32 Å². The Balaban J connectivity index is 2.07. The van der Waals surface area contributed by atoms with Crippen molar-refractivity contribution in [2.24, 2.45) is 5.92 Å². The number of hydrogen-bond donors (Lipinski definition) is 1. The van der Waals surface area contributed by atoms with Crippen LogP contribution in [0, 0.1) is 5.92 Å². The summed E-state index contributed by atoms with van der Waals surface area (Å²) in [6, 6.07) is 7.49. The summed E-state index contributed by atoms with van der Waals surface area (Å²) in [7, 11) is 1.43. The SMILES string of the molecule is COC(=O)C(N[C@@H](C)c1ccccc1Cl)C1CC1. The van der Waals surface area contributed by atoms with E-state index in [0.717, 1.165) is 23.4 Å². The average Bonchev–Trinajstić information content (AvgIpc) is 3.19. The highest BCUT2D eigenvalue weighted by atomic mass is 35.5. The van der Waals surface area contributed by atoms with Crippen LogP contribution in [0.2, 0.25) is 5.02 Å². The molecule has 2 atom stereocenters. The molecule has 1 aromatic rings. The molecule has 1 aromatic carbocycles. The van der Waals surface area contributed by atoms with E-state index in [1.165, 1.54) is 7.11 Å². The second-order valence-electron chi connectivity index (χ2n) is 4.75. The standard InChI is InChI=1S/C14H18ClNO2/c1-9(11-5-3-4-6-12(11)15)16-13(10-7-8-10)14(17)18-2/h3-6,9-10,13,16H,7-8H2,1-2H3/t9-,13?/m0/s1. The lowest BCUT2D eigenvalue weighted by atomic mass is 10.1. The molecule has 0 spiro atoms. The molecule has 3 nitrogen and oxygen atoms in total. The van der Waals surface area contributed by atoms with E-state index in [1.54, 1.807) is 0 Å². The van der Waals surface area contributed by atoms with Gasteiger partial charge in [0.25, 0.3) is 0 Å². The molecular formula is C14H18ClNO2. The number of carbonyl (C=O) groups is 1. The van der Waals surface area contributed by atoms with E-state index in [4.69, 9.17) is 16.3 Å². The predicted molar refractivity (Wildman–Crippen MR) is 71.5 cm³/mol. The summed E-state index contributed by atoms with van der Waals surface area (Å²) in [5, 5.41) is 4.05. The molecule has 98 valence electrons. The summed E-state index contributed by atoms with van der Waals surface area (Å²) in [5.41, 5.74) is 1.01. The van der Waals surface area contributed by atoms with E-state index >= 15 is 0 Å². The number of nitrogens with one attached hydrogen (secondary N) is 1. The Kier molecular flexibility index (Phi) is 4.25. The van der Waals surface area contributed by atoms with Gasteiger partial charge in [0.15, 0.2) is 0 Å². The first kappa shape index (κ1) is 13.4. The molecule has 1 unspecified atom stereocenters. The molecule has 1 saturated carbocycles. The second-order valence-corrected chi connectivity index (χ2v) is 5.16. The van der Waals surface area contributed by atoms with Gasteiger partial charge in [-0.1, -0.05) is 29.8 Å². The van der Waals surface area contributed by atoms with Gasteiger partial charge >= 0.3 is 5.97 Å². The zero-order valence-corrected chi connectivity index (χ0v) is 11.4. The molecule has 1 aliphatic carbocycles. The molecule has 0 bridgehead atoms. The first-order valence-corrected chi connectivity index (χ1v) is 6.59. The largest absolute Gasteiger partial charge is 0.468 e. The molecule has 0 aromatic heterocycles. The third kappa shape index (κ3) is 3.03. The van der Waals surface area contributed by atoms with Gasteiger partial charge in [-0.15, -0.1) is 0 Å². The summed E-state index contributed by atoms with van der Waals surface area (Å²) in [6.45, 7) is 2.01. The van der Waals surface area contributed by atoms with Crippen molar-refractivity contribution in [3.8, 4) is 0 Å². The van der Waals surface area contributed by atoms with E-state index in [9.17, 15) is 4.79 Å². The van der Waals surface area contributed by atoms with Crippen LogP contribution >= 0.6 is 11.6 Å². The zero-order chi connectivity index (χ0) is 13.1. The topological polar surface area (TPSA) is 38.3 Å². The fourth-order valence-corrected chi connectivity index (χ4v) is 2.44. The van der Waals surface area contributed by atoms with Crippen molar-refractivity contribution in [1.29, 1.82) is 0 Å². The second kappa shape index (κ2) is 5.72. The lowest BCUT2D eigenvalue weighted by molar-refractivity contribution is -0.144. The minimum atomic E-state index is -0.221. The number of methoxy groups -OCH3 is 1. The summed E-state index contributed by atoms with van der Waals surface area (Å²) < 4.78 is 4.85. The van der Waals surface area contributed by atoms with Crippen LogP contribution in [-0.2, 0) is 9.53 Å². The van der Waals surface area contributed by atoms with Crippen molar-refractivity contribution in [1.82, 2.24) is 5.32 Å². The van der Waals surface area contributed by atoms with Gasteiger partial charge in [0.1, 0.15) is 6.04 Å². The minimum absolute atomic E-state index is 0.0309. The van der Waals surface area contributed by atoms with Crippen LogP contribution in [0.1, 0.15) is 31.4 Å². The Bertz CT molecular complexity index is 432. The molecule has 1 N–H and O–H groups in total. The fourth-order valence-electron chi connectivity index (χ4n) is 2.14. The Morgan fingerprint density at radius 3 is 2.67 bits per heavy atom. The minimum Gasteiger partial charge on any atom is -0.468 e. The Morgan fingerprint density at radius 2 is 2.11 bits per heavy atom. The number of benzene rings is 1. The van der Waals surface area contributed by atoms with E-state index in [1.807, 2.05) is 31.2 Å². The monoisotopic (exact) mass is 267 g/mol. The number of hydrogen-bond acceptors (Lipinski definition) is 3. The van der Waals surface area contributed by atoms with Crippen LogP contribution in [0.15, 0.2) is 24.3 Å². The van der Waals surface area contributed by atoms with Gasteiger partial charge in [-0.05, 0) is 37.3 Å². The van der Waals surface area contributed by atoms with Gasteiger partial charge in [0.2, 0.25) is 0 Å². The first-order valence-electron chi connectivity index (χ1n) is 6.21. The molecule has 0 amide bonds. The molecule has 2 rings (SSSR count). The molecule has 0 aliphatic heterocycles.